The molecule has 0 fully saturated rings. The van der Waals surface area contributed by atoms with Crippen molar-refractivity contribution in [2.45, 2.75) is 6.92 Å². The van der Waals surface area contributed by atoms with Crippen LogP contribution >= 0.6 is 34.2 Å². The molecular formula is C18H12ClFINO4. The van der Waals surface area contributed by atoms with E-state index in [0.29, 0.717) is 20.2 Å². The van der Waals surface area contributed by atoms with E-state index in [1.54, 1.807) is 25.1 Å². The van der Waals surface area contributed by atoms with Gasteiger partial charge in [-0.25, -0.2) is 14.2 Å². The number of aromatic nitrogens is 1. The van der Waals surface area contributed by atoms with Crippen molar-refractivity contribution in [2.75, 3.05) is 6.61 Å². The van der Waals surface area contributed by atoms with Gasteiger partial charge in [0.25, 0.3) is 0 Å². The van der Waals surface area contributed by atoms with Crippen molar-refractivity contribution in [3.05, 3.63) is 56.6 Å². The van der Waals surface area contributed by atoms with E-state index in [-0.39, 0.29) is 28.8 Å². The van der Waals surface area contributed by atoms with E-state index in [9.17, 15) is 14.3 Å². The summed E-state index contributed by atoms with van der Waals surface area (Å²) in [6, 6.07) is 8.60. The number of benzene rings is 2. The summed E-state index contributed by atoms with van der Waals surface area (Å²) in [7, 11) is 0. The Bertz CT molecular complexity index is 1010. The molecule has 134 valence electrons. The van der Waals surface area contributed by atoms with Crippen LogP contribution in [0.3, 0.4) is 0 Å². The molecule has 0 saturated heterocycles. The summed E-state index contributed by atoms with van der Waals surface area (Å²) in [5, 5.41) is 11.6. The van der Waals surface area contributed by atoms with Crippen molar-refractivity contribution >= 4 is 50.9 Å². The lowest BCUT2D eigenvalue weighted by molar-refractivity contribution is 0.0516. The van der Waals surface area contributed by atoms with Crippen LogP contribution in [-0.2, 0) is 4.74 Å². The van der Waals surface area contributed by atoms with Crippen LogP contribution < -0.4 is 4.74 Å². The van der Waals surface area contributed by atoms with Gasteiger partial charge in [-0.1, -0.05) is 11.6 Å². The first kappa shape index (κ1) is 18.7. The quantitative estimate of drug-likeness (QED) is 0.307. The molecule has 3 aromatic rings. The van der Waals surface area contributed by atoms with E-state index in [1.807, 2.05) is 22.6 Å². The first-order valence-electron chi connectivity index (χ1n) is 7.53. The maximum absolute atomic E-state index is 13.4. The fourth-order valence-corrected chi connectivity index (χ4v) is 3.17. The van der Waals surface area contributed by atoms with Crippen molar-refractivity contribution < 1.29 is 23.8 Å². The second-order valence-electron chi connectivity index (χ2n) is 5.20. The van der Waals surface area contributed by atoms with Crippen LogP contribution in [0.2, 0.25) is 5.02 Å². The highest BCUT2D eigenvalue weighted by Crippen LogP contribution is 2.36. The number of pyridine rings is 1. The van der Waals surface area contributed by atoms with E-state index in [4.69, 9.17) is 21.1 Å². The minimum Gasteiger partial charge on any atom is -0.505 e. The number of ether oxygens (including phenoxy) is 2. The lowest BCUT2D eigenvalue weighted by Gasteiger charge is -2.11. The zero-order valence-corrected chi connectivity index (χ0v) is 16.3. The SMILES string of the molecule is CCOC(=O)c1nc(I)c2cc(Oc3cc(F)ccc3Cl)ccc2c1O. The van der Waals surface area contributed by atoms with Crippen LogP contribution in [0.1, 0.15) is 17.4 Å². The largest absolute Gasteiger partial charge is 0.505 e. The third kappa shape index (κ3) is 3.68. The average molecular weight is 488 g/mol. The monoisotopic (exact) mass is 487 g/mol. The van der Waals surface area contributed by atoms with Gasteiger partial charge in [-0.3, -0.25) is 0 Å². The molecule has 3 rings (SSSR count). The minimum atomic E-state index is -0.698. The van der Waals surface area contributed by atoms with E-state index in [0.717, 1.165) is 0 Å². The number of carbonyl (C=O) groups excluding carboxylic acids is 1. The highest BCUT2D eigenvalue weighted by Gasteiger charge is 2.20. The van der Waals surface area contributed by atoms with Gasteiger partial charge in [0.15, 0.2) is 11.4 Å². The minimum absolute atomic E-state index is 0.148. The molecule has 26 heavy (non-hydrogen) atoms. The summed E-state index contributed by atoms with van der Waals surface area (Å²) in [5.74, 6) is -0.890. The van der Waals surface area contributed by atoms with Crippen molar-refractivity contribution in [3.8, 4) is 17.2 Å². The highest BCUT2D eigenvalue weighted by atomic mass is 127. The summed E-state index contributed by atoms with van der Waals surface area (Å²) in [5.41, 5.74) is -0.148. The molecule has 1 aromatic heterocycles. The molecular weight excluding hydrogens is 476 g/mol. The number of hydrogen-bond donors (Lipinski definition) is 1. The second kappa shape index (κ2) is 7.63. The maximum atomic E-state index is 13.4. The van der Waals surface area contributed by atoms with Crippen LogP contribution in [-0.4, -0.2) is 22.7 Å². The van der Waals surface area contributed by atoms with Crippen LogP contribution in [0.15, 0.2) is 36.4 Å². The smallest absolute Gasteiger partial charge is 0.360 e. The molecule has 0 amide bonds. The van der Waals surface area contributed by atoms with Gasteiger partial charge in [-0.05, 0) is 59.8 Å². The number of carbonyl (C=O) groups is 1. The number of hydrogen-bond acceptors (Lipinski definition) is 5. The lowest BCUT2D eigenvalue weighted by atomic mass is 10.1. The molecule has 0 aliphatic rings. The molecule has 0 radical (unpaired) electrons. The first-order chi connectivity index (χ1) is 12.4. The van der Waals surface area contributed by atoms with Crippen molar-refractivity contribution in [3.63, 3.8) is 0 Å². The molecule has 0 spiro atoms. The van der Waals surface area contributed by atoms with Gasteiger partial charge in [-0.2, -0.15) is 0 Å². The summed E-state index contributed by atoms with van der Waals surface area (Å²) >= 11 is 7.96. The van der Waals surface area contributed by atoms with Gasteiger partial charge in [0.05, 0.1) is 11.6 Å². The van der Waals surface area contributed by atoms with Gasteiger partial charge < -0.3 is 14.6 Å². The summed E-state index contributed by atoms with van der Waals surface area (Å²) in [6.45, 7) is 1.85. The number of aromatic hydroxyl groups is 1. The lowest BCUT2D eigenvalue weighted by Crippen LogP contribution is -2.08. The van der Waals surface area contributed by atoms with Crippen LogP contribution in [0.25, 0.3) is 10.8 Å². The molecule has 1 N–H and O–H groups in total. The molecule has 0 unspecified atom stereocenters. The van der Waals surface area contributed by atoms with E-state index in [1.165, 1.54) is 18.2 Å². The Morgan fingerprint density at radius 1 is 1.27 bits per heavy atom. The fourth-order valence-electron chi connectivity index (χ4n) is 2.33. The average Bonchev–Trinajstić information content (AvgIpc) is 2.61. The summed E-state index contributed by atoms with van der Waals surface area (Å²) in [6.07, 6.45) is 0. The van der Waals surface area contributed by atoms with Crippen LogP contribution in [0.4, 0.5) is 4.39 Å². The predicted octanol–water partition coefficient (Wildman–Crippen LogP) is 5.31. The normalized spacial score (nSPS) is 10.8. The van der Waals surface area contributed by atoms with E-state index < -0.39 is 11.8 Å². The summed E-state index contributed by atoms with van der Waals surface area (Å²) in [4.78, 5) is 16.0. The van der Waals surface area contributed by atoms with Gasteiger partial charge in [0, 0.05) is 16.8 Å². The van der Waals surface area contributed by atoms with Crippen LogP contribution in [0, 0.1) is 9.52 Å². The third-order valence-corrected chi connectivity index (χ3v) is 4.63. The standard InChI is InChI=1S/C18H12ClFINO4/c1-2-25-18(24)15-16(23)11-5-4-10(8-12(11)17(21)22-15)26-14-7-9(20)3-6-13(14)19/h3-8,23H,2H2,1H3. The van der Waals surface area contributed by atoms with Gasteiger partial charge in [0.1, 0.15) is 21.0 Å². The third-order valence-electron chi connectivity index (χ3n) is 3.49. The number of fused-ring (bicyclic) bond motifs is 1. The van der Waals surface area contributed by atoms with Gasteiger partial charge in [0.2, 0.25) is 0 Å². The number of rotatable bonds is 4. The Hall–Kier alpha value is -2.13. The van der Waals surface area contributed by atoms with Gasteiger partial charge >= 0.3 is 5.97 Å². The van der Waals surface area contributed by atoms with Crippen molar-refractivity contribution in [1.29, 1.82) is 0 Å². The highest BCUT2D eigenvalue weighted by molar-refractivity contribution is 14.1. The molecule has 2 aromatic carbocycles. The molecule has 8 heteroatoms. The Morgan fingerprint density at radius 3 is 2.77 bits per heavy atom. The molecule has 0 aliphatic heterocycles. The fraction of sp³-hybridized carbons (Fsp3) is 0.111. The zero-order chi connectivity index (χ0) is 18.8. The Kier molecular flexibility index (Phi) is 5.47. The van der Waals surface area contributed by atoms with Crippen molar-refractivity contribution in [1.82, 2.24) is 4.98 Å². The number of halogens is 3. The Balaban J connectivity index is 2.04. The predicted molar refractivity (Wildman–Crippen MR) is 104 cm³/mol. The summed E-state index contributed by atoms with van der Waals surface area (Å²) < 4.78 is 24.4. The number of esters is 1. The van der Waals surface area contributed by atoms with E-state index >= 15 is 0 Å². The van der Waals surface area contributed by atoms with Crippen LogP contribution in [0.5, 0.6) is 17.2 Å². The molecule has 0 atom stereocenters. The molecule has 5 nitrogen and oxygen atoms in total. The Labute approximate surface area is 166 Å². The maximum Gasteiger partial charge on any atom is 0.360 e. The zero-order valence-electron chi connectivity index (χ0n) is 13.4. The molecule has 1 heterocycles. The topological polar surface area (TPSA) is 68.7 Å². The van der Waals surface area contributed by atoms with Crippen molar-refractivity contribution in [2.24, 2.45) is 0 Å². The molecule has 0 aliphatic carbocycles. The number of nitrogens with zero attached hydrogens (tertiary/aromatic N) is 1. The van der Waals surface area contributed by atoms with E-state index in [2.05, 4.69) is 4.98 Å². The second-order valence-corrected chi connectivity index (χ2v) is 6.63. The first-order valence-corrected chi connectivity index (χ1v) is 8.98. The Morgan fingerprint density at radius 2 is 2.04 bits per heavy atom. The van der Waals surface area contributed by atoms with Gasteiger partial charge in [-0.15, -0.1) is 0 Å². The molecule has 0 bridgehead atoms. The molecule has 0 saturated carbocycles.